The fourth-order valence-electron chi connectivity index (χ4n) is 0.533. The van der Waals surface area contributed by atoms with Gasteiger partial charge in [-0.1, -0.05) is 6.08 Å². The number of hydrogen-bond acceptors (Lipinski definition) is 2. The van der Waals surface area contributed by atoms with Crippen LogP contribution in [0, 0.1) is 6.54 Å². The molecule has 0 saturated carbocycles. The highest BCUT2D eigenvalue weighted by molar-refractivity contribution is 5.56. The van der Waals surface area contributed by atoms with E-state index >= 15 is 0 Å². The summed E-state index contributed by atoms with van der Waals surface area (Å²) in [4.78, 5) is 9.89. The summed E-state index contributed by atoms with van der Waals surface area (Å²) >= 11 is 0. The van der Waals surface area contributed by atoms with Gasteiger partial charge in [0.05, 0.1) is 6.54 Å². The Morgan fingerprint density at radius 3 is 3.00 bits per heavy atom. The average molecular weight is 108 g/mol. The first-order chi connectivity index (χ1) is 3.93. The van der Waals surface area contributed by atoms with Gasteiger partial charge in [0, 0.05) is 12.0 Å². The van der Waals surface area contributed by atoms with Gasteiger partial charge in [-0.25, -0.2) is 4.79 Å². The third kappa shape index (κ3) is 0.983. The summed E-state index contributed by atoms with van der Waals surface area (Å²) in [7, 11) is 0. The van der Waals surface area contributed by atoms with Gasteiger partial charge in [-0.15, -0.1) is 0 Å². The third-order valence-electron chi connectivity index (χ3n) is 0.940. The van der Waals surface area contributed by atoms with Crippen LogP contribution in [0.15, 0.2) is 17.8 Å². The fraction of sp³-hybridized carbons (Fsp3) is 0.167. The Hall–Kier alpha value is -1.01. The van der Waals surface area contributed by atoms with E-state index in [0.29, 0.717) is 12.0 Å². The number of carbonyl (C=O) groups excluding carboxylic acids is 1. The van der Waals surface area contributed by atoms with Crippen molar-refractivity contribution in [1.29, 1.82) is 0 Å². The fourth-order valence-corrected chi connectivity index (χ4v) is 0.533. The van der Waals surface area contributed by atoms with Crippen molar-refractivity contribution < 1.29 is 4.79 Å². The topological polar surface area (TPSA) is 29.1 Å². The molecule has 0 bridgehead atoms. The van der Waals surface area contributed by atoms with E-state index in [2.05, 4.69) is 5.32 Å². The predicted molar refractivity (Wildman–Crippen MR) is 30.4 cm³/mol. The zero-order valence-electron chi connectivity index (χ0n) is 4.35. The minimum atomic E-state index is 0.674. The van der Waals surface area contributed by atoms with E-state index in [-0.39, 0.29) is 0 Å². The summed E-state index contributed by atoms with van der Waals surface area (Å²) in [5, 5.41) is 2.78. The molecular weight excluding hydrogens is 102 g/mol. The number of nitrogens with one attached hydrogen (secondary N) is 1. The Morgan fingerprint density at radius 1 is 1.75 bits per heavy atom. The molecule has 2 nitrogen and oxygen atoms in total. The summed E-state index contributed by atoms with van der Waals surface area (Å²) in [6.07, 6.45) is 4.37. The molecular formula is C6H6NO. The van der Waals surface area contributed by atoms with Gasteiger partial charge >= 0.3 is 0 Å². The third-order valence-corrected chi connectivity index (χ3v) is 0.940. The summed E-state index contributed by atoms with van der Waals surface area (Å²) in [6, 6.07) is 0. The van der Waals surface area contributed by atoms with Crippen LogP contribution in [0.4, 0.5) is 0 Å². The van der Waals surface area contributed by atoms with Gasteiger partial charge in [-0.05, 0) is 6.20 Å². The Morgan fingerprint density at radius 2 is 2.62 bits per heavy atom. The maximum Gasteiger partial charge on any atom is 0.126 e. The van der Waals surface area contributed by atoms with Gasteiger partial charge in [0.25, 0.3) is 0 Å². The van der Waals surface area contributed by atoms with Crippen LogP contribution in [0.3, 0.4) is 0 Å². The SMILES string of the molecule is O=C=C1[CH]NC=CC1. The second-order valence-corrected chi connectivity index (χ2v) is 1.54. The minimum Gasteiger partial charge on any atom is -0.382 e. The van der Waals surface area contributed by atoms with Crippen LogP contribution in [-0.2, 0) is 4.79 Å². The molecule has 1 radical (unpaired) electrons. The lowest BCUT2D eigenvalue weighted by Crippen LogP contribution is -2.06. The van der Waals surface area contributed by atoms with Crippen LogP contribution in [0.5, 0.6) is 0 Å². The number of hydrogen-bond donors (Lipinski definition) is 1. The molecule has 2 heteroatoms. The first-order valence-electron chi connectivity index (χ1n) is 2.42. The van der Waals surface area contributed by atoms with Crippen molar-refractivity contribution in [2.24, 2.45) is 0 Å². The van der Waals surface area contributed by atoms with E-state index in [1.807, 2.05) is 6.08 Å². The molecule has 0 unspecified atom stereocenters. The van der Waals surface area contributed by atoms with Gasteiger partial charge in [-0.2, -0.15) is 0 Å². The van der Waals surface area contributed by atoms with Gasteiger partial charge < -0.3 is 5.32 Å². The molecule has 8 heavy (non-hydrogen) atoms. The van der Waals surface area contributed by atoms with Crippen molar-refractivity contribution in [2.45, 2.75) is 6.42 Å². The van der Waals surface area contributed by atoms with Crippen molar-refractivity contribution in [3.63, 3.8) is 0 Å². The molecule has 1 heterocycles. The van der Waals surface area contributed by atoms with Gasteiger partial charge in [0.15, 0.2) is 0 Å². The van der Waals surface area contributed by atoms with Crippen LogP contribution >= 0.6 is 0 Å². The van der Waals surface area contributed by atoms with Crippen LogP contribution < -0.4 is 5.32 Å². The van der Waals surface area contributed by atoms with Crippen molar-refractivity contribution in [1.82, 2.24) is 5.32 Å². The van der Waals surface area contributed by atoms with Crippen LogP contribution in [-0.4, -0.2) is 5.94 Å². The summed E-state index contributed by atoms with van der Waals surface area (Å²) < 4.78 is 0. The van der Waals surface area contributed by atoms with E-state index in [4.69, 9.17) is 0 Å². The van der Waals surface area contributed by atoms with E-state index in [1.54, 1.807) is 18.7 Å². The lowest BCUT2D eigenvalue weighted by molar-refractivity contribution is 0.566. The molecule has 0 amide bonds. The highest BCUT2D eigenvalue weighted by Gasteiger charge is 1.97. The molecule has 1 N–H and O–H groups in total. The highest BCUT2D eigenvalue weighted by atomic mass is 16.1. The van der Waals surface area contributed by atoms with E-state index in [1.165, 1.54) is 0 Å². The quantitative estimate of drug-likeness (QED) is 0.455. The Balaban J connectivity index is 2.63. The molecule has 41 valence electrons. The Kier molecular flexibility index (Phi) is 1.50. The monoisotopic (exact) mass is 108 g/mol. The molecule has 0 spiro atoms. The van der Waals surface area contributed by atoms with E-state index in [9.17, 15) is 4.79 Å². The summed E-state index contributed by atoms with van der Waals surface area (Å²) in [5.41, 5.74) is 0.674. The molecule has 0 aromatic heterocycles. The molecule has 0 saturated heterocycles. The lowest BCUT2D eigenvalue weighted by Gasteiger charge is -2.03. The van der Waals surface area contributed by atoms with Crippen molar-refractivity contribution >= 4 is 5.94 Å². The second-order valence-electron chi connectivity index (χ2n) is 1.54. The molecule has 0 fully saturated rings. The maximum atomic E-state index is 9.89. The van der Waals surface area contributed by atoms with Crippen molar-refractivity contribution in [2.75, 3.05) is 0 Å². The molecule has 0 aromatic carbocycles. The largest absolute Gasteiger partial charge is 0.382 e. The average Bonchev–Trinajstić information content (AvgIpc) is 1.90. The molecule has 1 rings (SSSR count). The lowest BCUT2D eigenvalue weighted by atomic mass is 10.2. The Labute approximate surface area is 47.9 Å². The number of rotatable bonds is 0. The van der Waals surface area contributed by atoms with Gasteiger partial charge in [0.1, 0.15) is 5.94 Å². The maximum absolute atomic E-state index is 9.89. The minimum absolute atomic E-state index is 0.674. The molecule has 0 aromatic rings. The summed E-state index contributed by atoms with van der Waals surface area (Å²) in [6.45, 7) is 1.65. The summed E-state index contributed by atoms with van der Waals surface area (Å²) in [5.74, 6) is 1.80. The van der Waals surface area contributed by atoms with Gasteiger partial charge in [0.2, 0.25) is 0 Å². The molecule has 1 aliphatic heterocycles. The smallest absolute Gasteiger partial charge is 0.126 e. The Bertz CT molecular complexity index is 154. The first-order valence-corrected chi connectivity index (χ1v) is 2.42. The van der Waals surface area contributed by atoms with E-state index < -0.39 is 0 Å². The normalized spacial score (nSPS) is 17.2. The molecule has 1 aliphatic rings. The highest BCUT2D eigenvalue weighted by Crippen LogP contribution is 2.03. The standard InChI is InChI=1S/C6H6NO/c8-5-6-2-1-3-7-4-6/h1,3-4,7H,2H2. The molecule has 0 atom stereocenters. The second kappa shape index (κ2) is 2.34. The van der Waals surface area contributed by atoms with Crippen LogP contribution in [0.2, 0.25) is 0 Å². The zero-order chi connectivity index (χ0) is 5.82. The van der Waals surface area contributed by atoms with Crippen LogP contribution in [0.1, 0.15) is 6.42 Å². The zero-order valence-corrected chi connectivity index (χ0v) is 4.35. The van der Waals surface area contributed by atoms with Crippen molar-refractivity contribution in [3.05, 3.63) is 24.4 Å². The van der Waals surface area contributed by atoms with Gasteiger partial charge in [-0.3, -0.25) is 0 Å². The first kappa shape index (κ1) is 5.13. The van der Waals surface area contributed by atoms with E-state index in [0.717, 1.165) is 0 Å². The number of allylic oxidation sites excluding steroid dienone is 1. The predicted octanol–water partition coefficient (Wildman–Crippen LogP) is 0.413. The van der Waals surface area contributed by atoms with Crippen LogP contribution in [0.25, 0.3) is 0 Å². The molecule has 0 aliphatic carbocycles. The van der Waals surface area contributed by atoms with Crippen molar-refractivity contribution in [3.8, 4) is 0 Å².